The molecule has 1 fully saturated rings. The van der Waals surface area contributed by atoms with Crippen LogP contribution in [0.5, 0.6) is 5.75 Å². The summed E-state index contributed by atoms with van der Waals surface area (Å²) in [6.45, 7) is 4.55. The van der Waals surface area contributed by atoms with E-state index in [-0.39, 0.29) is 0 Å². The molecule has 19 heavy (non-hydrogen) atoms. The van der Waals surface area contributed by atoms with Crippen molar-refractivity contribution in [3.63, 3.8) is 0 Å². The molecule has 2 unspecified atom stereocenters. The number of likely N-dealkylation sites (N-methyl/N-ethyl adjacent to an activating group) is 1. The second-order valence-corrected chi connectivity index (χ2v) is 5.36. The predicted octanol–water partition coefficient (Wildman–Crippen LogP) is 2.83. The molecule has 0 amide bonds. The Balaban J connectivity index is 2.18. The van der Waals surface area contributed by atoms with Gasteiger partial charge in [0.1, 0.15) is 5.75 Å². The van der Waals surface area contributed by atoms with Gasteiger partial charge in [-0.3, -0.25) is 4.90 Å². The predicted molar refractivity (Wildman–Crippen MR) is 79.7 cm³/mol. The van der Waals surface area contributed by atoms with Gasteiger partial charge in [-0.15, -0.1) is 0 Å². The number of nitrogens with one attached hydrogen (secondary N) is 1. The van der Waals surface area contributed by atoms with Gasteiger partial charge in [0.2, 0.25) is 0 Å². The fourth-order valence-corrected chi connectivity index (χ4v) is 3.18. The van der Waals surface area contributed by atoms with Crippen LogP contribution in [0.2, 0.25) is 0 Å². The zero-order chi connectivity index (χ0) is 13.7. The first kappa shape index (κ1) is 14.4. The van der Waals surface area contributed by atoms with Crippen LogP contribution in [-0.4, -0.2) is 38.2 Å². The largest absolute Gasteiger partial charge is 0.496 e. The molecule has 2 atom stereocenters. The van der Waals surface area contributed by atoms with Gasteiger partial charge in [-0.05, 0) is 39.4 Å². The van der Waals surface area contributed by atoms with E-state index >= 15 is 0 Å². The van der Waals surface area contributed by atoms with E-state index in [9.17, 15) is 0 Å². The van der Waals surface area contributed by atoms with Gasteiger partial charge < -0.3 is 10.1 Å². The summed E-state index contributed by atoms with van der Waals surface area (Å²) < 4.78 is 5.51. The Morgan fingerprint density at radius 2 is 2.16 bits per heavy atom. The second kappa shape index (κ2) is 6.92. The summed E-state index contributed by atoms with van der Waals surface area (Å²) in [4.78, 5) is 2.62. The van der Waals surface area contributed by atoms with Gasteiger partial charge in [0.15, 0.2) is 0 Å². The number of methoxy groups -OCH3 is 1. The van der Waals surface area contributed by atoms with Crippen LogP contribution in [0.15, 0.2) is 24.3 Å². The Hall–Kier alpha value is -1.06. The first-order valence-electron chi connectivity index (χ1n) is 7.31. The summed E-state index contributed by atoms with van der Waals surface area (Å²) in [5.74, 6) is 1.00. The first-order valence-corrected chi connectivity index (χ1v) is 7.31. The monoisotopic (exact) mass is 262 g/mol. The number of hydrogen-bond donors (Lipinski definition) is 1. The summed E-state index contributed by atoms with van der Waals surface area (Å²) in [5, 5.41) is 3.33. The minimum atomic E-state index is 0.412. The van der Waals surface area contributed by atoms with E-state index in [0.29, 0.717) is 12.1 Å². The minimum Gasteiger partial charge on any atom is -0.496 e. The van der Waals surface area contributed by atoms with E-state index in [1.54, 1.807) is 7.11 Å². The van der Waals surface area contributed by atoms with Gasteiger partial charge in [0.05, 0.1) is 7.11 Å². The third-order valence-corrected chi connectivity index (χ3v) is 4.20. The molecule has 1 aromatic carbocycles. The molecule has 2 rings (SSSR count). The van der Waals surface area contributed by atoms with Crippen molar-refractivity contribution in [3.05, 3.63) is 29.8 Å². The van der Waals surface area contributed by atoms with Crippen molar-refractivity contribution < 1.29 is 4.74 Å². The molecule has 1 saturated heterocycles. The molecule has 0 aromatic heterocycles. The van der Waals surface area contributed by atoms with Crippen LogP contribution in [0.1, 0.15) is 37.8 Å². The third kappa shape index (κ3) is 3.28. The van der Waals surface area contributed by atoms with E-state index in [1.165, 1.54) is 31.4 Å². The molecule has 1 heterocycles. The molecule has 1 aliphatic heterocycles. The Bertz CT molecular complexity index is 392. The number of rotatable bonds is 5. The third-order valence-electron chi connectivity index (χ3n) is 4.20. The van der Waals surface area contributed by atoms with Crippen molar-refractivity contribution in [2.45, 2.75) is 38.3 Å². The van der Waals surface area contributed by atoms with E-state index in [1.807, 2.05) is 13.1 Å². The van der Waals surface area contributed by atoms with Crippen LogP contribution in [0, 0.1) is 0 Å². The quantitative estimate of drug-likeness (QED) is 0.883. The summed E-state index contributed by atoms with van der Waals surface area (Å²) in [5.41, 5.74) is 1.30. The molecular formula is C16H26N2O. The molecule has 3 heteroatoms. The number of para-hydroxylation sites is 1. The summed E-state index contributed by atoms with van der Waals surface area (Å²) in [6, 6.07) is 9.44. The number of piperidine rings is 1. The van der Waals surface area contributed by atoms with Crippen molar-refractivity contribution >= 4 is 0 Å². The fraction of sp³-hybridized carbons (Fsp3) is 0.625. The Morgan fingerprint density at radius 3 is 2.89 bits per heavy atom. The zero-order valence-corrected chi connectivity index (χ0v) is 12.4. The summed E-state index contributed by atoms with van der Waals surface area (Å²) in [6.07, 6.45) is 3.95. The van der Waals surface area contributed by atoms with Crippen molar-refractivity contribution in [3.8, 4) is 5.75 Å². The molecule has 0 radical (unpaired) electrons. The molecule has 0 bridgehead atoms. The Morgan fingerprint density at radius 1 is 1.37 bits per heavy atom. The average Bonchev–Trinajstić information content (AvgIpc) is 2.47. The van der Waals surface area contributed by atoms with E-state index in [2.05, 4.69) is 35.3 Å². The zero-order valence-electron chi connectivity index (χ0n) is 12.4. The molecule has 0 spiro atoms. The highest BCUT2D eigenvalue weighted by Gasteiger charge is 2.27. The van der Waals surface area contributed by atoms with Gasteiger partial charge in [-0.25, -0.2) is 0 Å². The molecule has 0 saturated carbocycles. The van der Waals surface area contributed by atoms with Crippen molar-refractivity contribution in [2.24, 2.45) is 0 Å². The smallest absolute Gasteiger partial charge is 0.123 e. The first-order chi connectivity index (χ1) is 9.27. The fourth-order valence-electron chi connectivity index (χ4n) is 3.18. The van der Waals surface area contributed by atoms with Gasteiger partial charge in [-0.2, -0.15) is 0 Å². The van der Waals surface area contributed by atoms with Gasteiger partial charge in [0, 0.05) is 24.2 Å². The number of nitrogens with zero attached hydrogens (tertiary/aromatic N) is 1. The van der Waals surface area contributed by atoms with E-state index in [0.717, 1.165) is 12.3 Å². The second-order valence-electron chi connectivity index (χ2n) is 5.36. The molecular weight excluding hydrogens is 236 g/mol. The van der Waals surface area contributed by atoms with Crippen LogP contribution >= 0.6 is 0 Å². The normalized spacial score (nSPS) is 22.2. The number of benzene rings is 1. The van der Waals surface area contributed by atoms with E-state index in [4.69, 9.17) is 4.74 Å². The molecule has 106 valence electrons. The average molecular weight is 262 g/mol. The Kier molecular flexibility index (Phi) is 5.23. The topological polar surface area (TPSA) is 24.5 Å². The van der Waals surface area contributed by atoms with Crippen molar-refractivity contribution in [1.82, 2.24) is 10.2 Å². The van der Waals surface area contributed by atoms with Gasteiger partial charge >= 0.3 is 0 Å². The molecule has 1 N–H and O–H groups in total. The Labute approximate surface area is 116 Å². The molecule has 0 aliphatic carbocycles. The summed E-state index contributed by atoms with van der Waals surface area (Å²) in [7, 11) is 3.80. The highest BCUT2D eigenvalue weighted by molar-refractivity contribution is 5.35. The lowest BCUT2D eigenvalue weighted by Crippen LogP contribution is -2.46. The number of likely N-dealkylation sites (tertiary alicyclic amines) is 1. The highest BCUT2D eigenvalue weighted by Crippen LogP contribution is 2.32. The molecule has 3 nitrogen and oxygen atoms in total. The lowest BCUT2D eigenvalue weighted by Gasteiger charge is -2.40. The van der Waals surface area contributed by atoms with Crippen molar-refractivity contribution in [2.75, 3.05) is 27.2 Å². The lowest BCUT2D eigenvalue weighted by atomic mass is 9.96. The maximum absolute atomic E-state index is 5.51. The maximum Gasteiger partial charge on any atom is 0.123 e. The van der Waals surface area contributed by atoms with Crippen LogP contribution in [0.3, 0.4) is 0 Å². The number of hydrogen-bond acceptors (Lipinski definition) is 3. The standard InChI is InChI=1S/C16H26N2O/c1-13(15-9-4-5-10-16(15)19-3)18-11-7-6-8-14(18)12-17-2/h4-5,9-10,13-14,17H,6-8,11-12H2,1-3H3. The SMILES string of the molecule is CNCC1CCCCN1C(C)c1ccccc1OC. The molecule has 1 aliphatic rings. The van der Waals surface area contributed by atoms with Gasteiger partial charge in [0.25, 0.3) is 0 Å². The van der Waals surface area contributed by atoms with Gasteiger partial charge in [-0.1, -0.05) is 24.6 Å². The van der Waals surface area contributed by atoms with Crippen LogP contribution in [-0.2, 0) is 0 Å². The lowest BCUT2D eigenvalue weighted by molar-refractivity contribution is 0.102. The summed E-state index contributed by atoms with van der Waals surface area (Å²) >= 11 is 0. The maximum atomic E-state index is 5.51. The van der Waals surface area contributed by atoms with Crippen LogP contribution in [0.25, 0.3) is 0 Å². The van der Waals surface area contributed by atoms with Crippen LogP contribution in [0.4, 0.5) is 0 Å². The van der Waals surface area contributed by atoms with Crippen LogP contribution < -0.4 is 10.1 Å². The highest BCUT2D eigenvalue weighted by atomic mass is 16.5. The van der Waals surface area contributed by atoms with E-state index < -0.39 is 0 Å². The van der Waals surface area contributed by atoms with Crippen molar-refractivity contribution in [1.29, 1.82) is 0 Å². The number of ether oxygens (including phenoxy) is 1. The minimum absolute atomic E-state index is 0.412. The molecule has 1 aromatic rings.